The number of nitrogens with zero attached hydrogens (tertiary/aromatic N) is 4. The van der Waals surface area contributed by atoms with Crippen molar-refractivity contribution in [3.8, 4) is 22.9 Å². The van der Waals surface area contributed by atoms with Gasteiger partial charge in [-0.15, -0.1) is 10.2 Å². The largest absolute Gasteiger partial charge is 0.468 e. The summed E-state index contributed by atoms with van der Waals surface area (Å²) in [5, 5.41) is 11.7. The number of carbonyl (C=O) groups excluding carboxylic acids is 1. The Morgan fingerprint density at radius 3 is 3.11 bits per heavy atom. The Balaban J connectivity index is 1.84. The van der Waals surface area contributed by atoms with Gasteiger partial charge in [-0.05, 0) is 23.4 Å². The first kappa shape index (κ1) is 11.5. The van der Waals surface area contributed by atoms with E-state index in [1.165, 1.54) is 11.9 Å². The van der Waals surface area contributed by atoms with E-state index in [2.05, 4.69) is 20.1 Å². The molecule has 98 valence electrons. The summed E-state index contributed by atoms with van der Waals surface area (Å²) in [6, 6.07) is 5.34. The maximum absolute atomic E-state index is 11.1. The summed E-state index contributed by atoms with van der Waals surface area (Å²) in [6.07, 6.45) is 0. The molecule has 1 aliphatic heterocycles. The molecule has 0 radical (unpaired) electrons. The quantitative estimate of drug-likeness (QED) is 0.732. The number of aromatic nitrogens is 4. The summed E-state index contributed by atoms with van der Waals surface area (Å²) >= 11 is 0. The van der Waals surface area contributed by atoms with Crippen molar-refractivity contribution in [2.24, 2.45) is 0 Å². The van der Waals surface area contributed by atoms with E-state index in [-0.39, 0.29) is 13.3 Å². The highest BCUT2D eigenvalue weighted by Crippen LogP contribution is 2.34. The number of benzene rings is 1. The fourth-order valence-electron chi connectivity index (χ4n) is 1.64. The molecule has 19 heavy (non-hydrogen) atoms. The van der Waals surface area contributed by atoms with E-state index in [1.54, 1.807) is 18.2 Å². The minimum Gasteiger partial charge on any atom is -0.468 e. The van der Waals surface area contributed by atoms with E-state index in [0.29, 0.717) is 17.3 Å². The number of carbonyl (C=O) groups is 1. The molecule has 1 aliphatic rings. The van der Waals surface area contributed by atoms with E-state index in [1.807, 2.05) is 0 Å². The fourth-order valence-corrected chi connectivity index (χ4v) is 1.64. The van der Waals surface area contributed by atoms with Gasteiger partial charge >= 0.3 is 5.97 Å². The lowest BCUT2D eigenvalue weighted by Crippen LogP contribution is -2.14. The van der Waals surface area contributed by atoms with Crippen LogP contribution >= 0.6 is 0 Å². The maximum atomic E-state index is 11.1. The molecule has 2 aromatic rings. The number of methoxy groups -OCH3 is 1. The van der Waals surface area contributed by atoms with Gasteiger partial charge in [-0.2, -0.15) is 4.80 Å². The van der Waals surface area contributed by atoms with Gasteiger partial charge in [0.1, 0.15) is 0 Å². The summed E-state index contributed by atoms with van der Waals surface area (Å²) < 4.78 is 15.0. The van der Waals surface area contributed by atoms with Crippen molar-refractivity contribution in [1.29, 1.82) is 0 Å². The molecule has 8 nitrogen and oxygen atoms in total. The fraction of sp³-hybridized carbons (Fsp3) is 0.273. The number of esters is 1. The van der Waals surface area contributed by atoms with Crippen molar-refractivity contribution < 1.29 is 19.0 Å². The molecule has 0 saturated carbocycles. The third kappa shape index (κ3) is 2.19. The maximum Gasteiger partial charge on any atom is 0.329 e. The monoisotopic (exact) mass is 262 g/mol. The van der Waals surface area contributed by atoms with Crippen LogP contribution in [0.3, 0.4) is 0 Å². The molecular weight excluding hydrogens is 252 g/mol. The number of hydrogen-bond donors (Lipinski definition) is 0. The second-order valence-electron chi connectivity index (χ2n) is 3.79. The van der Waals surface area contributed by atoms with E-state index in [9.17, 15) is 4.79 Å². The standard InChI is InChI=1S/C11H10N4O4/c1-17-10(16)5-15-13-11(12-14-15)7-2-3-8-9(4-7)19-6-18-8/h2-4H,5-6H2,1H3. The first-order valence-electron chi connectivity index (χ1n) is 5.51. The Kier molecular flexibility index (Phi) is 2.75. The summed E-state index contributed by atoms with van der Waals surface area (Å²) in [5.74, 6) is 1.30. The van der Waals surface area contributed by atoms with Crippen molar-refractivity contribution in [3.63, 3.8) is 0 Å². The molecule has 0 atom stereocenters. The Morgan fingerprint density at radius 2 is 2.26 bits per heavy atom. The zero-order valence-electron chi connectivity index (χ0n) is 10.1. The van der Waals surface area contributed by atoms with Crippen LogP contribution < -0.4 is 9.47 Å². The smallest absolute Gasteiger partial charge is 0.329 e. The molecule has 0 bridgehead atoms. The zero-order valence-corrected chi connectivity index (χ0v) is 10.1. The number of rotatable bonds is 3. The second-order valence-corrected chi connectivity index (χ2v) is 3.79. The van der Waals surface area contributed by atoms with Gasteiger partial charge in [-0.1, -0.05) is 0 Å². The lowest BCUT2D eigenvalue weighted by molar-refractivity contribution is -0.141. The highest BCUT2D eigenvalue weighted by Gasteiger charge is 2.16. The summed E-state index contributed by atoms with van der Waals surface area (Å²) in [5.41, 5.74) is 0.736. The van der Waals surface area contributed by atoms with Gasteiger partial charge in [-0.3, -0.25) is 0 Å². The average molecular weight is 262 g/mol. The second kappa shape index (κ2) is 4.56. The number of hydrogen-bond acceptors (Lipinski definition) is 7. The molecule has 0 amide bonds. The van der Waals surface area contributed by atoms with Crippen molar-refractivity contribution in [2.75, 3.05) is 13.9 Å². The summed E-state index contributed by atoms with van der Waals surface area (Å²) in [4.78, 5) is 12.3. The van der Waals surface area contributed by atoms with Crippen LogP contribution in [0.2, 0.25) is 0 Å². The van der Waals surface area contributed by atoms with Gasteiger partial charge in [0, 0.05) is 5.56 Å². The van der Waals surface area contributed by atoms with Crippen LogP contribution in [0, 0.1) is 0 Å². The topological polar surface area (TPSA) is 88.4 Å². The van der Waals surface area contributed by atoms with Crippen LogP contribution in [0.15, 0.2) is 18.2 Å². The van der Waals surface area contributed by atoms with E-state index >= 15 is 0 Å². The van der Waals surface area contributed by atoms with Crippen LogP contribution in [0.1, 0.15) is 0 Å². The minimum atomic E-state index is -0.436. The minimum absolute atomic E-state index is 0.0753. The highest BCUT2D eigenvalue weighted by atomic mass is 16.7. The molecular formula is C11H10N4O4. The van der Waals surface area contributed by atoms with Crippen molar-refractivity contribution in [3.05, 3.63) is 18.2 Å². The van der Waals surface area contributed by atoms with E-state index in [4.69, 9.17) is 9.47 Å². The van der Waals surface area contributed by atoms with Crippen LogP contribution in [0.5, 0.6) is 11.5 Å². The molecule has 0 aliphatic carbocycles. The van der Waals surface area contributed by atoms with Crippen LogP contribution in [-0.2, 0) is 16.1 Å². The predicted octanol–water partition coefficient (Wildman–Crippen LogP) is 0.242. The van der Waals surface area contributed by atoms with Crippen LogP contribution in [-0.4, -0.2) is 40.1 Å². The van der Waals surface area contributed by atoms with Gasteiger partial charge < -0.3 is 14.2 Å². The summed E-state index contributed by atoms with van der Waals surface area (Å²) in [6.45, 7) is 0.134. The van der Waals surface area contributed by atoms with Crippen LogP contribution in [0.25, 0.3) is 11.4 Å². The Hall–Kier alpha value is -2.64. The molecule has 1 aromatic carbocycles. The molecule has 0 saturated heterocycles. The third-order valence-electron chi connectivity index (χ3n) is 2.58. The summed E-state index contributed by atoms with van der Waals surface area (Å²) in [7, 11) is 1.30. The van der Waals surface area contributed by atoms with E-state index in [0.717, 1.165) is 5.56 Å². The lowest BCUT2D eigenvalue weighted by atomic mass is 10.2. The average Bonchev–Trinajstić information content (AvgIpc) is 3.05. The molecule has 0 unspecified atom stereocenters. The van der Waals surface area contributed by atoms with E-state index < -0.39 is 5.97 Å². The zero-order chi connectivity index (χ0) is 13.2. The SMILES string of the molecule is COC(=O)Cn1nnc(-c2ccc3c(c2)OCO3)n1. The normalized spacial score (nSPS) is 12.5. The Morgan fingerprint density at radius 1 is 1.42 bits per heavy atom. The van der Waals surface area contributed by atoms with Crippen LogP contribution in [0.4, 0.5) is 0 Å². The Bertz CT molecular complexity index is 625. The van der Waals surface area contributed by atoms with Gasteiger partial charge in [0.2, 0.25) is 12.6 Å². The number of ether oxygens (including phenoxy) is 3. The molecule has 1 aromatic heterocycles. The first-order chi connectivity index (χ1) is 9.26. The predicted molar refractivity (Wildman–Crippen MR) is 61.4 cm³/mol. The lowest BCUT2D eigenvalue weighted by Gasteiger charge is -1.98. The van der Waals surface area contributed by atoms with Crippen molar-refractivity contribution in [1.82, 2.24) is 20.2 Å². The van der Waals surface area contributed by atoms with Gasteiger partial charge in [0.05, 0.1) is 7.11 Å². The molecule has 0 fully saturated rings. The molecule has 0 N–H and O–H groups in total. The third-order valence-corrected chi connectivity index (χ3v) is 2.58. The molecule has 3 rings (SSSR count). The first-order valence-corrected chi connectivity index (χ1v) is 5.51. The number of tetrazole rings is 1. The Labute approximate surface area is 107 Å². The number of fused-ring (bicyclic) bond motifs is 1. The molecule has 0 spiro atoms. The van der Waals surface area contributed by atoms with Crippen molar-refractivity contribution >= 4 is 5.97 Å². The molecule has 2 heterocycles. The molecule has 8 heteroatoms. The van der Waals surface area contributed by atoms with Crippen molar-refractivity contribution in [2.45, 2.75) is 6.54 Å². The van der Waals surface area contributed by atoms with Gasteiger partial charge in [0.15, 0.2) is 18.0 Å². The highest BCUT2D eigenvalue weighted by molar-refractivity contribution is 5.68. The van der Waals surface area contributed by atoms with Gasteiger partial charge in [-0.25, -0.2) is 4.79 Å². The van der Waals surface area contributed by atoms with Gasteiger partial charge in [0.25, 0.3) is 0 Å².